The van der Waals surface area contributed by atoms with Crippen molar-refractivity contribution in [1.82, 2.24) is 19.6 Å². The van der Waals surface area contributed by atoms with Crippen molar-refractivity contribution in [3.05, 3.63) is 106 Å². The van der Waals surface area contributed by atoms with Crippen LogP contribution in [-0.2, 0) is 15.3 Å². The third-order valence-electron chi connectivity index (χ3n) is 6.79. The Morgan fingerprint density at radius 1 is 1.07 bits per heavy atom. The lowest BCUT2D eigenvalue weighted by Crippen LogP contribution is -2.29. The number of pyridine rings is 1. The van der Waals surface area contributed by atoms with Gasteiger partial charge >= 0.3 is 5.91 Å². The van der Waals surface area contributed by atoms with Gasteiger partial charge < -0.3 is 9.84 Å². The minimum absolute atomic E-state index is 0.0571. The Hall–Kier alpha value is -4.19. The highest BCUT2D eigenvalue weighted by atomic mass is 35.5. The van der Waals surface area contributed by atoms with Crippen molar-refractivity contribution >= 4 is 62.9 Å². The van der Waals surface area contributed by atoms with Crippen molar-refractivity contribution < 1.29 is 19.4 Å². The minimum Gasteiger partial charge on any atom is -0.505 e. The van der Waals surface area contributed by atoms with Gasteiger partial charge in [0.2, 0.25) is 5.13 Å². The Balaban J connectivity index is 1.44. The summed E-state index contributed by atoms with van der Waals surface area (Å²) in [4.78, 5) is 33.1. The number of amides is 1. The number of Topliss-reactive ketones (excluding diaryl/α,β-unsaturated/α-hetero) is 1. The molecule has 0 spiro atoms. The average Bonchev–Trinajstić information content (AvgIpc) is 3.66. The fraction of sp³-hybridized carbons (Fsp3) is 0.167. The summed E-state index contributed by atoms with van der Waals surface area (Å²) >= 11 is 8.93. The monoisotopic (exact) mass is 617 g/mol. The van der Waals surface area contributed by atoms with E-state index in [1.165, 1.54) is 28.0 Å². The van der Waals surface area contributed by atoms with E-state index in [0.717, 1.165) is 5.56 Å². The molecule has 9 nitrogen and oxygen atoms in total. The van der Waals surface area contributed by atoms with E-state index in [1.807, 2.05) is 37.3 Å². The number of hydrogen-bond acceptors (Lipinski definition) is 9. The molecule has 0 saturated carbocycles. The largest absolute Gasteiger partial charge is 0.505 e. The standard InChI is InChI=1S/C30H24ClN5O4S2/c1-3-40-20-13-11-18(12-14-20)25-23(26(37)24-17(2)32-22-10-6-7-15-35(22)24)27(38)28(39)36(25)29-33-34-30(42-29)41-16-19-8-4-5-9-21(19)31/h4-15,25,37H,3,16H2,1-2H3/b26-23+. The number of benzene rings is 2. The molecule has 1 saturated heterocycles. The number of aryl methyl sites for hydroxylation is 1. The van der Waals surface area contributed by atoms with Crippen LogP contribution in [0.3, 0.4) is 0 Å². The van der Waals surface area contributed by atoms with Crippen molar-refractivity contribution in [2.75, 3.05) is 11.5 Å². The highest BCUT2D eigenvalue weighted by Gasteiger charge is 2.49. The minimum atomic E-state index is -0.955. The predicted octanol–water partition coefficient (Wildman–Crippen LogP) is 6.46. The van der Waals surface area contributed by atoms with Gasteiger partial charge in [-0.3, -0.25) is 18.9 Å². The van der Waals surface area contributed by atoms with Crippen LogP contribution in [0.5, 0.6) is 5.75 Å². The topological polar surface area (TPSA) is 110 Å². The van der Waals surface area contributed by atoms with Gasteiger partial charge in [0.05, 0.1) is 23.9 Å². The average molecular weight is 618 g/mol. The normalized spacial score (nSPS) is 16.5. The van der Waals surface area contributed by atoms with Crippen LogP contribution in [0.25, 0.3) is 11.4 Å². The maximum Gasteiger partial charge on any atom is 0.301 e. The van der Waals surface area contributed by atoms with E-state index < -0.39 is 17.7 Å². The van der Waals surface area contributed by atoms with Crippen LogP contribution in [0.4, 0.5) is 5.13 Å². The Labute approximate surface area is 254 Å². The number of halogens is 1. The molecule has 12 heteroatoms. The lowest BCUT2D eigenvalue weighted by molar-refractivity contribution is -0.132. The van der Waals surface area contributed by atoms with E-state index in [1.54, 1.807) is 53.9 Å². The fourth-order valence-electron chi connectivity index (χ4n) is 4.90. The first kappa shape index (κ1) is 28.0. The lowest BCUT2D eigenvalue weighted by atomic mass is 9.96. The summed E-state index contributed by atoms with van der Waals surface area (Å²) in [6.45, 7) is 4.12. The van der Waals surface area contributed by atoms with E-state index in [9.17, 15) is 14.7 Å². The Morgan fingerprint density at radius 2 is 1.83 bits per heavy atom. The summed E-state index contributed by atoms with van der Waals surface area (Å²) in [5, 5.41) is 21.2. The van der Waals surface area contributed by atoms with Gasteiger partial charge in [0.25, 0.3) is 5.78 Å². The number of carbonyl (C=O) groups excluding carboxylic acids is 2. The molecular weight excluding hydrogens is 594 g/mol. The maximum atomic E-state index is 13.7. The number of hydrogen-bond donors (Lipinski definition) is 1. The van der Waals surface area contributed by atoms with E-state index in [2.05, 4.69) is 15.2 Å². The van der Waals surface area contributed by atoms with Gasteiger partial charge in [-0.25, -0.2) is 4.98 Å². The summed E-state index contributed by atoms with van der Waals surface area (Å²) in [5.41, 5.74) is 2.95. The summed E-state index contributed by atoms with van der Waals surface area (Å²) in [6.07, 6.45) is 1.75. The zero-order valence-electron chi connectivity index (χ0n) is 22.5. The number of carbonyl (C=O) groups is 2. The van der Waals surface area contributed by atoms with E-state index in [4.69, 9.17) is 16.3 Å². The van der Waals surface area contributed by atoms with Gasteiger partial charge in [0.1, 0.15) is 17.1 Å². The van der Waals surface area contributed by atoms with Crippen molar-refractivity contribution in [3.8, 4) is 5.75 Å². The second kappa shape index (κ2) is 11.6. The SMILES string of the molecule is CCOc1ccc(C2/C(=C(\O)c3c(C)nc4ccccn34)C(=O)C(=O)N2c2nnc(SCc3ccccc3Cl)s2)cc1. The predicted molar refractivity (Wildman–Crippen MR) is 163 cm³/mol. The van der Waals surface area contributed by atoms with Crippen LogP contribution in [-0.4, -0.2) is 43.0 Å². The number of thioether (sulfide) groups is 1. The van der Waals surface area contributed by atoms with Crippen molar-refractivity contribution in [3.63, 3.8) is 0 Å². The number of nitrogens with zero attached hydrogens (tertiary/aromatic N) is 5. The number of anilines is 1. The lowest BCUT2D eigenvalue weighted by Gasteiger charge is -2.22. The van der Waals surface area contributed by atoms with E-state index >= 15 is 0 Å². The molecule has 0 bridgehead atoms. The van der Waals surface area contributed by atoms with Crippen molar-refractivity contribution in [2.45, 2.75) is 30.0 Å². The number of ether oxygens (including phenoxy) is 1. The van der Waals surface area contributed by atoms with Crippen LogP contribution < -0.4 is 9.64 Å². The van der Waals surface area contributed by atoms with Gasteiger partial charge in [-0.05, 0) is 55.3 Å². The molecule has 212 valence electrons. The molecule has 2 aromatic carbocycles. The van der Waals surface area contributed by atoms with Gasteiger partial charge in [-0.1, -0.05) is 71.1 Å². The smallest absolute Gasteiger partial charge is 0.301 e. The van der Waals surface area contributed by atoms with Crippen molar-refractivity contribution in [2.24, 2.45) is 0 Å². The second-order valence-electron chi connectivity index (χ2n) is 9.38. The molecular formula is C30H24ClN5O4S2. The third kappa shape index (κ3) is 5.04. The van der Waals surface area contributed by atoms with Gasteiger partial charge in [0, 0.05) is 17.0 Å². The molecule has 1 N–H and O–H groups in total. The summed E-state index contributed by atoms with van der Waals surface area (Å²) < 4.78 is 7.90. The molecule has 0 radical (unpaired) electrons. The zero-order valence-corrected chi connectivity index (χ0v) is 24.9. The van der Waals surface area contributed by atoms with Crippen LogP contribution in [0.15, 0.2) is 82.8 Å². The molecule has 0 aliphatic carbocycles. The molecule has 1 fully saturated rings. The number of aliphatic hydroxyl groups is 1. The highest BCUT2D eigenvalue weighted by molar-refractivity contribution is 8.00. The molecule has 6 rings (SSSR count). The summed E-state index contributed by atoms with van der Waals surface area (Å²) in [7, 11) is 0. The highest BCUT2D eigenvalue weighted by Crippen LogP contribution is 2.44. The Kier molecular flexibility index (Phi) is 7.72. The first-order valence-corrected chi connectivity index (χ1v) is 15.2. The van der Waals surface area contributed by atoms with Crippen LogP contribution in [0.2, 0.25) is 5.02 Å². The number of rotatable bonds is 8. The van der Waals surface area contributed by atoms with E-state index in [-0.39, 0.29) is 16.5 Å². The number of aromatic nitrogens is 4. The molecule has 1 aliphatic rings. The molecule has 3 aromatic heterocycles. The molecule has 5 aromatic rings. The zero-order chi connectivity index (χ0) is 29.4. The number of fused-ring (bicyclic) bond motifs is 1. The van der Waals surface area contributed by atoms with Crippen LogP contribution in [0.1, 0.15) is 35.5 Å². The van der Waals surface area contributed by atoms with Gasteiger partial charge in [-0.2, -0.15) is 0 Å². The molecule has 1 amide bonds. The first-order chi connectivity index (χ1) is 20.4. The Bertz CT molecular complexity index is 1850. The molecule has 1 unspecified atom stereocenters. The molecule has 42 heavy (non-hydrogen) atoms. The maximum absolute atomic E-state index is 13.7. The van der Waals surface area contributed by atoms with Crippen LogP contribution >= 0.6 is 34.7 Å². The van der Waals surface area contributed by atoms with Gasteiger partial charge in [-0.15, -0.1) is 10.2 Å². The first-order valence-electron chi connectivity index (χ1n) is 13.0. The number of imidazole rings is 1. The summed E-state index contributed by atoms with van der Waals surface area (Å²) in [5.74, 6) is -0.741. The quantitative estimate of drug-likeness (QED) is 0.0694. The van der Waals surface area contributed by atoms with Crippen molar-refractivity contribution in [1.29, 1.82) is 0 Å². The Morgan fingerprint density at radius 3 is 2.60 bits per heavy atom. The number of ketones is 1. The molecule has 4 heterocycles. The van der Waals surface area contributed by atoms with Crippen LogP contribution in [0, 0.1) is 6.92 Å². The number of aliphatic hydroxyl groups excluding tert-OH is 1. The third-order valence-corrected chi connectivity index (χ3v) is 9.26. The second-order valence-corrected chi connectivity index (χ2v) is 12.0. The van der Waals surface area contributed by atoms with E-state index in [0.29, 0.717) is 50.1 Å². The molecule has 1 aliphatic heterocycles. The molecule has 1 atom stereocenters. The fourth-order valence-corrected chi connectivity index (χ4v) is 7.05. The summed E-state index contributed by atoms with van der Waals surface area (Å²) in [6, 6.07) is 19.1. The van der Waals surface area contributed by atoms with Gasteiger partial charge in [0.15, 0.2) is 10.1 Å².